The molecule has 0 aliphatic rings. The second-order valence-electron chi connectivity index (χ2n) is 2.49. The minimum absolute atomic E-state index is 0.214. The molecule has 1 N–H and O–H groups in total. The first-order valence-corrected chi connectivity index (χ1v) is 3.55. The Bertz CT molecular complexity index is 149. The lowest BCUT2D eigenvalue weighted by Crippen LogP contribution is -2.36. The average Bonchev–Trinajstić information content (AvgIpc) is 1.88. The Morgan fingerprint density at radius 3 is 2.73 bits per heavy atom. The fourth-order valence-corrected chi connectivity index (χ4v) is 0.651. The molecule has 0 fully saturated rings. The molecule has 0 aromatic carbocycles. The summed E-state index contributed by atoms with van der Waals surface area (Å²) in [7, 11) is 0. The average molecular weight is 158 g/mol. The largest absolute Gasteiger partial charge is 0.464 e. The van der Waals surface area contributed by atoms with E-state index in [9.17, 15) is 9.90 Å². The van der Waals surface area contributed by atoms with Gasteiger partial charge in [0.1, 0.15) is 0 Å². The lowest BCUT2D eigenvalue weighted by atomic mass is 10.0. The van der Waals surface area contributed by atoms with Gasteiger partial charge in [0.05, 0.1) is 6.61 Å². The highest BCUT2D eigenvalue weighted by Gasteiger charge is 2.29. The maximum atomic E-state index is 10.9. The molecule has 3 nitrogen and oxygen atoms in total. The molecule has 11 heavy (non-hydrogen) atoms. The van der Waals surface area contributed by atoms with E-state index in [4.69, 9.17) is 0 Å². The van der Waals surface area contributed by atoms with Crippen LogP contribution in [0.15, 0.2) is 12.7 Å². The van der Waals surface area contributed by atoms with Gasteiger partial charge in [-0.15, -0.1) is 6.58 Å². The van der Waals surface area contributed by atoms with Crippen LogP contribution in [0.25, 0.3) is 0 Å². The van der Waals surface area contributed by atoms with Crippen molar-refractivity contribution >= 4 is 5.97 Å². The Balaban J connectivity index is 4.05. The van der Waals surface area contributed by atoms with Crippen LogP contribution >= 0.6 is 0 Å². The Morgan fingerprint density at radius 2 is 2.36 bits per heavy atom. The fraction of sp³-hybridized carbons (Fsp3) is 0.625. The first-order chi connectivity index (χ1) is 5.04. The number of hydrogen-bond acceptors (Lipinski definition) is 3. The lowest BCUT2D eigenvalue weighted by Gasteiger charge is -2.18. The molecule has 0 radical (unpaired) electrons. The maximum Gasteiger partial charge on any atom is 0.338 e. The Morgan fingerprint density at radius 1 is 1.82 bits per heavy atom. The van der Waals surface area contributed by atoms with Crippen molar-refractivity contribution in [3.05, 3.63) is 12.7 Å². The van der Waals surface area contributed by atoms with Gasteiger partial charge in [-0.3, -0.25) is 0 Å². The number of hydrogen-bond donors (Lipinski definition) is 1. The third-order valence-electron chi connectivity index (χ3n) is 1.26. The molecule has 0 aromatic heterocycles. The molecule has 0 heterocycles. The van der Waals surface area contributed by atoms with Crippen LogP contribution in [0.3, 0.4) is 0 Å². The van der Waals surface area contributed by atoms with Crippen molar-refractivity contribution in [1.82, 2.24) is 0 Å². The van der Waals surface area contributed by atoms with Gasteiger partial charge in [0.25, 0.3) is 0 Å². The summed E-state index contributed by atoms with van der Waals surface area (Å²) in [5, 5.41) is 9.37. The van der Waals surface area contributed by atoms with Gasteiger partial charge in [-0.25, -0.2) is 4.79 Å². The van der Waals surface area contributed by atoms with Gasteiger partial charge in [0.15, 0.2) is 5.60 Å². The first-order valence-electron chi connectivity index (χ1n) is 3.55. The zero-order valence-electron chi connectivity index (χ0n) is 6.96. The maximum absolute atomic E-state index is 10.9. The van der Waals surface area contributed by atoms with Crippen LogP contribution in [0.2, 0.25) is 0 Å². The van der Waals surface area contributed by atoms with E-state index in [0.29, 0.717) is 0 Å². The quantitative estimate of drug-likeness (QED) is 0.488. The zero-order valence-corrected chi connectivity index (χ0v) is 6.96. The van der Waals surface area contributed by atoms with Crippen molar-refractivity contribution in [3.63, 3.8) is 0 Å². The minimum Gasteiger partial charge on any atom is -0.464 e. The molecule has 1 atom stereocenters. The van der Waals surface area contributed by atoms with Crippen LogP contribution < -0.4 is 0 Å². The Hall–Kier alpha value is -0.830. The molecule has 0 saturated heterocycles. The number of aliphatic hydroxyl groups is 1. The number of carbonyl (C=O) groups excluding carboxylic acids is 1. The van der Waals surface area contributed by atoms with Gasteiger partial charge in [-0.05, 0) is 13.8 Å². The SMILES string of the molecule is C=CC[C@@](C)(O)C(=O)OCC. The van der Waals surface area contributed by atoms with Crippen molar-refractivity contribution in [2.24, 2.45) is 0 Å². The van der Waals surface area contributed by atoms with Crippen LogP contribution in [0.4, 0.5) is 0 Å². The van der Waals surface area contributed by atoms with E-state index in [1.54, 1.807) is 6.92 Å². The normalized spacial score (nSPS) is 15.2. The molecular formula is C8H14O3. The van der Waals surface area contributed by atoms with E-state index in [2.05, 4.69) is 11.3 Å². The smallest absolute Gasteiger partial charge is 0.338 e. The summed E-state index contributed by atoms with van der Waals surface area (Å²) < 4.78 is 4.62. The molecule has 0 bridgehead atoms. The summed E-state index contributed by atoms with van der Waals surface area (Å²) in [5.74, 6) is -0.597. The summed E-state index contributed by atoms with van der Waals surface area (Å²) in [6, 6.07) is 0. The van der Waals surface area contributed by atoms with E-state index < -0.39 is 11.6 Å². The third kappa shape index (κ3) is 3.18. The highest BCUT2D eigenvalue weighted by Crippen LogP contribution is 2.11. The van der Waals surface area contributed by atoms with E-state index in [0.717, 1.165) is 0 Å². The predicted molar refractivity (Wildman–Crippen MR) is 42.1 cm³/mol. The number of esters is 1. The molecule has 64 valence electrons. The standard InChI is InChI=1S/C8H14O3/c1-4-6-8(3,10)7(9)11-5-2/h4,10H,1,5-6H2,2-3H3/t8-/m1/s1. The zero-order chi connectivity index (χ0) is 8.91. The van der Waals surface area contributed by atoms with Gasteiger partial charge in [0.2, 0.25) is 0 Å². The summed E-state index contributed by atoms with van der Waals surface area (Å²) in [5.41, 5.74) is -1.42. The van der Waals surface area contributed by atoms with Gasteiger partial charge in [-0.2, -0.15) is 0 Å². The molecule has 0 rings (SSSR count). The van der Waals surface area contributed by atoms with Crippen LogP contribution in [0.5, 0.6) is 0 Å². The van der Waals surface area contributed by atoms with Gasteiger partial charge in [-0.1, -0.05) is 6.08 Å². The summed E-state index contributed by atoms with van der Waals surface area (Å²) >= 11 is 0. The molecular weight excluding hydrogens is 144 g/mol. The summed E-state index contributed by atoms with van der Waals surface area (Å²) in [6.45, 7) is 6.81. The molecule has 0 amide bonds. The molecule has 3 heteroatoms. The number of ether oxygens (including phenoxy) is 1. The van der Waals surface area contributed by atoms with Gasteiger partial charge in [0, 0.05) is 6.42 Å². The highest BCUT2D eigenvalue weighted by atomic mass is 16.5. The van der Waals surface area contributed by atoms with Crippen molar-refractivity contribution in [2.75, 3.05) is 6.61 Å². The van der Waals surface area contributed by atoms with E-state index >= 15 is 0 Å². The molecule has 0 spiro atoms. The molecule has 0 aliphatic heterocycles. The Kier molecular flexibility index (Phi) is 3.82. The van der Waals surface area contributed by atoms with Crippen molar-refractivity contribution in [3.8, 4) is 0 Å². The van der Waals surface area contributed by atoms with Crippen molar-refractivity contribution in [1.29, 1.82) is 0 Å². The van der Waals surface area contributed by atoms with Crippen LogP contribution in [0.1, 0.15) is 20.3 Å². The summed E-state index contributed by atoms with van der Waals surface area (Å²) in [4.78, 5) is 10.9. The lowest BCUT2D eigenvalue weighted by molar-refractivity contribution is -0.162. The van der Waals surface area contributed by atoms with Gasteiger partial charge >= 0.3 is 5.97 Å². The molecule has 0 unspecified atom stereocenters. The second kappa shape index (κ2) is 4.13. The van der Waals surface area contributed by atoms with Crippen LogP contribution in [-0.2, 0) is 9.53 Å². The molecule has 0 aromatic rings. The van der Waals surface area contributed by atoms with E-state index in [-0.39, 0.29) is 13.0 Å². The van der Waals surface area contributed by atoms with Crippen molar-refractivity contribution in [2.45, 2.75) is 25.9 Å². The van der Waals surface area contributed by atoms with Crippen LogP contribution in [0, 0.1) is 0 Å². The predicted octanol–water partition coefficient (Wildman–Crippen LogP) is 0.877. The minimum atomic E-state index is -1.42. The highest BCUT2D eigenvalue weighted by molar-refractivity contribution is 5.78. The number of carbonyl (C=O) groups is 1. The first kappa shape index (κ1) is 10.2. The van der Waals surface area contributed by atoms with Gasteiger partial charge < -0.3 is 9.84 Å². The monoisotopic (exact) mass is 158 g/mol. The number of rotatable bonds is 4. The Labute approximate surface area is 66.7 Å². The molecule has 0 aliphatic carbocycles. The topological polar surface area (TPSA) is 46.5 Å². The molecule has 0 saturated carbocycles. The summed E-state index contributed by atoms with van der Waals surface area (Å²) in [6.07, 6.45) is 1.70. The van der Waals surface area contributed by atoms with Crippen LogP contribution in [-0.4, -0.2) is 23.3 Å². The fourth-order valence-electron chi connectivity index (χ4n) is 0.651. The van der Waals surface area contributed by atoms with E-state index in [1.807, 2.05) is 0 Å². The van der Waals surface area contributed by atoms with E-state index in [1.165, 1.54) is 13.0 Å². The third-order valence-corrected chi connectivity index (χ3v) is 1.26. The second-order valence-corrected chi connectivity index (χ2v) is 2.49. The van der Waals surface area contributed by atoms with Crippen molar-refractivity contribution < 1.29 is 14.6 Å².